The molecule has 0 bridgehead atoms. The number of hydrogen-bond acceptors (Lipinski definition) is 5. The number of rotatable bonds is 2. The molecular weight excluding hydrogens is 301 g/mol. The van der Waals surface area contributed by atoms with Crippen molar-refractivity contribution >= 4 is 161 Å². The van der Waals surface area contributed by atoms with Gasteiger partial charge in [0.05, 0.1) is 0 Å². The molecule has 0 amide bonds. The summed E-state index contributed by atoms with van der Waals surface area (Å²) in [7, 11) is -5.00. The standard InChI is InChI=1S/C2H3O8P.Ca.2K.4H/c3-1(4)9-11(7,8)10-2(5)6;;;;;;;/h(H,3,4)(H,5,6)(H,7,8);;;;;;;. The van der Waals surface area contributed by atoms with Gasteiger partial charge in [0, 0.05) is 0 Å². The Bertz CT molecular complexity index is 211. The van der Waals surface area contributed by atoms with Gasteiger partial charge in [0.2, 0.25) is 0 Å². The minimum absolute atomic E-state index is 0. The van der Waals surface area contributed by atoms with E-state index in [4.69, 9.17) is 15.1 Å². The number of hydrogen-bond donors (Lipinski definition) is 3. The van der Waals surface area contributed by atoms with E-state index in [9.17, 15) is 14.2 Å². The number of carboxylic acid groups (broad SMARTS) is 2. The minimum atomic E-state index is -5.00. The average Bonchev–Trinajstić information content (AvgIpc) is 1.53. The molecule has 12 heteroatoms. The molecule has 0 fully saturated rings. The topological polar surface area (TPSA) is 130 Å². The third kappa shape index (κ3) is 17.7. The van der Waals surface area contributed by atoms with Crippen LogP contribution in [0.4, 0.5) is 9.59 Å². The SMILES string of the molecule is O=C(O)OP(=O)(O)OC(=O)O.[CaH2].[KH].[KH]. The summed E-state index contributed by atoms with van der Waals surface area (Å²) < 4.78 is 16.5. The average molecular weight is 308 g/mol. The fourth-order valence-electron chi connectivity index (χ4n) is 0.216. The van der Waals surface area contributed by atoms with Gasteiger partial charge in [0.25, 0.3) is 0 Å². The van der Waals surface area contributed by atoms with Crippen LogP contribution < -0.4 is 0 Å². The van der Waals surface area contributed by atoms with Gasteiger partial charge < -0.3 is 19.3 Å². The van der Waals surface area contributed by atoms with Crippen molar-refractivity contribution in [3.05, 3.63) is 0 Å². The summed E-state index contributed by atoms with van der Waals surface area (Å²) in [6, 6.07) is 0. The van der Waals surface area contributed by atoms with Gasteiger partial charge in [-0.05, 0) is 0 Å². The van der Waals surface area contributed by atoms with E-state index < -0.39 is 20.1 Å². The second-order valence-electron chi connectivity index (χ2n) is 1.18. The monoisotopic (exact) mass is 308 g/mol. The molecule has 0 unspecified atom stereocenters. The Hall–Kier alpha value is 3.26. The molecule has 0 aromatic heterocycles. The van der Waals surface area contributed by atoms with Gasteiger partial charge >= 0.3 is 161 Å². The molecule has 0 saturated carbocycles. The quantitative estimate of drug-likeness (QED) is 0.405. The first kappa shape index (κ1) is 26.0. The van der Waals surface area contributed by atoms with Crippen LogP contribution in [-0.4, -0.2) is 168 Å². The van der Waals surface area contributed by atoms with E-state index >= 15 is 0 Å². The van der Waals surface area contributed by atoms with Crippen molar-refractivity contribution in [1.29, 1.82) is 0 Å². The summed E-state index contributed by atoms with van der Waals surface area (Å²) in [5.74, 6) is 0. The summed E-state index contributed by atoms with van der Waals surface area (Å²) >= 11 is 0. The van der Waals surface area contributed by atoms with Crippen molar-refractivity contribution in [2.24, 2.45) is 0 Å². The predicted molar refractivity (Wildman–Crippen MR) is 50.9 cm³/mol. The van der Waals surface area contributed by atoms with Crippen molar-refractivity contribution in [3.63, 3.8) is 0 Å². The molecule has 0 saturated heterocycles. The van der Waals surface area contributed by atoms with Gasteiger partial charge in [0.1, 0.15) is 0 Å². The molecule has 0 heterocycles. The molecule has 0 aromatic carbocycles. The van der Waals surface area contributed by atoms with Crippen LogP contribution in [0.15, 0.2) is 0 Å². The Balaban J connectivity index is -0.000000167. The third-order valence-electron chi connectivity index (χ3n) is 0.387. The molecule has 0 radical (unpaired) electrons. The summed E-state index contributed by atoms with van der Waals surface area (Å²) in [5.41, 5.74) is 0. The maximum atomic E-state index is 10.2. The number of carbonyl (C=O) groups is 2. The van der Waals surface area contributed by atoms with Crippen LogP contribution in [-0.2, 0) is 13.6 Å². The summed E-state index contributed by atoms with van der Waals surface area (Å²) in [6.45, 7) is 0. The normalized spacial score (nSPS) is 8.07. The molecule has 0 aliphatic rings. The van der Waals surface area contributed by atoms with E-state index in [1.807, 2.05) is 0 Å². The Morgan fingerprint density at radius 3 is 1.36 bits per heavy atom. The van der Waals surface area contributed by atoms with E-state index in [-0.39, 0.29) is 141 Å². The molecule has 0 aliphatic heterocycles. The Kier molecular flexibility index (Phi) is 23.6. The summed E-state index contributed by atoms with van der Waals surface area (Å²) in [4.78, 5) is 27.3. The van der Waals surface area contributed by atoms with Crippen LogP contribution in [0, 0.1) is 0 Å². The first-order valence-electron chi connectivity index (χ1n) is 2.01. The second kappa shape index (κ2) is 12.7. The fraction of sp³-hybridized carbons (Fsp3) is 0. The fourth-order valence-corrected chi connectivity index (χ4v) is 0.648. The molecule has 0 rings (SSSR count). The molecular formula is C2H7CaK2O8P. The number of phosphoric acid groups is 1. The maximum absolute atomic E-state index is 10.2. The van der Waals surface area contributed by atoms with Crippen molar-refractivity contribution in [2.75, 3.05) is 0 Å². The van der Waals surface area contributed by atoms with E-state index in [0.29, 0.717) is 0 Å². The molecule has 0 aromatic rings. The first-order valence-corrected chi connectivity index (χ1v) is 3.51. The van der Waals surface area contributed by atoms with Gasteiger partial charge in [-0.25, -0.2) is 14.2 Å². The van der Waals surface area contributed by atoms with Crippen molar-refractivity contribution < 1.29 is 38.3 Å². The zero-order valence-electron chi connectivity index (χ0n) is 4.83. The molecule has 3 N–H and O–H groups in total. The van der Waals surface area contributed by atoms with Crippen LogP contribution in [0.3, 0.4) is 0 Å². The van der Waals surface area contributed by atoms with Crippen LogP contribution >= 0.6 is 7.82 Å². The van der Waals surface area contributed by atoms with Gasteiger partial charge in [-0.3, -0.25) is 4.89 Å². The van der Waals surface area contributed by atoms with Gasteiger partial charge in [0.15, 0.2) is 0 Å². The Morgan fingerprint density at radius 1 is 1.00 bits per heavy atom. The molecule has 0 atom stereocenters. The van der Waals surface area contributed by atoms with Crippen molar-refractivity contribution in [3.8, 4) is 0 Å². The predicted octanol–water partition coefficient (Wildman–Crippen LogP) is -1.74. The summed E-state index contributed by atoms with van der Waals surface area (Å²) in [5, 5.41) is 15.5. The van der Waals surface area contributed by atoms with Crippen molar-refractivity contribution in [1.82, 2.24) is 0 Å². The van der Waals surface area contributed by atoms with E-state index in [0.717, 1.165) is 0 Å². The first-order chi connectivity index (χ1) is 4.83. The van der Waals surface area contributed by atoms with Crippen LogP contribution in [0.5, 0.6) is 0 Å². The Labute approximate surface area is 194 Å². The van der Waals surface area contributed by atoms with E-state index in [1.54, 1.807) is 0 Å². The third-order valence-corrected chi connectivity index (χ3v) is 1.16. The van der Waals surface area contributed by atoms with Crippen LogP contribution in [0.2, 0.25) is 0 Å². The van der Waals surface area contributed by atoms with E-state index in [2.05, 4.69) is 9.05 Å². The van der Waals surface area contributed by atoms with Gasteiger partial charge in [-0.2, -0.15) is 0 Å². The van der Waals surface area contributed by atoms with E-state index in [1.165, 1.54) is 0 Å². The zero-order chi connectivity index (χ0) is 9.07. The van der Waals surface area contributed by atoms with Crippen LogP contribution in [0.1, 0.15) is 0 Å². The van der Waals surface area contributed by atoms with Gasteiger partial charge in [-0.1, -0.05) is 0 Å². The van der Waals surface area contributed by atoms with Crippen molar-refractivity contribution in [2.45, 2.75) is 0 Å². The molecule has 8 nitrogen and oxygen atoms in total. The molecule has 72 valence electrons. The second-order valence-corrected chi connectivity index (χ2v) is 2.49. The van der Waals surface area contributed by atoms with Gasteiger partial charge in [-0.15, -0.1) is 0 Å². The summed E-state index contributed by atoms with van der Waals surface area (Å²) in [6.07, 6.45) is -4.20. The molecule has 14 heavy (non-hydrogen) atoms. The number of phosphoric ester groups is 1. The molecule has 0 spiro atoms. The Morgan fingerprint density at radius 2 is 1.21 bits per heavy atom. The zero-order valence-corrected chi connectivity index (χ0v) is 5.72. The van der Waals surface area contributed by atoms with Crippen LogP contribution in [0.25, 0.3) is 0 Å². The molecule has 0 aliphatic carbocycles.